The Balaban J connectivity index is 2.06. The second-order valence-electron chi connectivity index (χ2n) is 4.51. The van der Waals surface area contributed by atoms with E-state index in [9.17, 15) is 4.79 Å². The lowest BCUT2D eigenvalue weighted by Gasteiger charge is -2.07. The molecule has 2 rings (SSSR count). The molecule has 1 unspecified atom stereocenters. The zero-order valence-corrected chi connectivity index (χ0v) is 12.6. The van der Waals surface area contributed by atoms with Crippen molar-refractivity contribution in [2.24, 2.45) is 0 Å². The molecule has 0 aliphatic heterocycles. The number of hydrogen-bond acceptors (Lipinski definition) is 3. The number of pyridine rings is 1. The highest BCUT2D eigenvalue weighted by Crippen LogP contribution is 2.12. The van der Waals surface area contributed by atoms with Gasteiger partial charge in [0, 0.05) is 22.9 Å². The molecular weight excluding hydrogens is 306 g/mol. The predicted molar refractivity (Wildman–Crippen MR) is 77.2 cm³/mol. The standard InChI is InChI=1S/C14H16BrN3O/c1-3-10(2)18-7-6-12(17-18)8-14(19)13-5-4-11(15)9-16-13/h4-7,9-10H,3,8H2,1-2H3. The van der Waals surface area contributed by atoms with Crippen LogP contribution in [0.3, 0.4) is 0 Å². The van der Waals surface area contributed by atoms with Gasteiger partial charge in [-0.1, -0.05) is 6.92 Å². The third-order valence-corrected chi connectivity index (χ3v) is 3.53. The number of hydrogen-bond donors (Lipinski definition) is 0. The average Bonchev–Trinajstić information content (AvgIpc) is 2.87. The lowest BCUT2D eigenvalue weighted by Crippen LogP contribution is -2.08. The number of aromatic nitrogens is 3. The van der Waals surface area contributed by atoms with Gasteiger partial charge in [0.1, 0.15) is 5.69 Å². The van der Waals surface area contributed by atoms with Crippen molar-refractivity contribution in [2.75, 3.05) is 0 Å². The van der Waals surface area contributed by atoms with Crippen LogP contribution in [0.5, 0.6) is 0 Å². The topological polar surface area (TPSA) is 47.8 Å². The van der Waals surface area contributed by atoms with Crippen LogP contribution in [0.2, 0.25) is 0 Å². The van der Waals surface area contributed by atoms with Crippen molar-refractivity contribution in [1.29, 1.82) is 0 Å². The van der Waals surface area contributed by atoms with Gasteiger partial charge in [-0.05, 0) is 47.5 Å². The molecule has 19 heavy (non-hydrogen) atoms. The van der Waals surface area contributed by atoms with Crippen molar-refractivity contribution >= 4 is 21.7 Å². The molecule has 100 valence electrons. The summed E-state index contributed by atoms with van der Waals surface area (Å²) in [5.74, 6) is -0.0121. The predicted octanol–water partition coefficient (Wildman–Crippen LogP) is 3.44. The van der Waals surface area contributed by atoms with E-state index in [4.69, 9.17) is 0 Å². The first-order valence-electron chi connectivity index (χ1n) is 6.29. The molecule has 0 saturated heterocycles. The summed E-state index contributed by atoms with van der Waals surface area (Å²) in [7, 11) is 0. The summed E-state index contributed by atoms with van der Waals surface area (Å²) < 4.78 is 2.77. The molecular formula is C14H16BrN3O. The summed E-state index contributed by atoms with van der Waals surface area (Å²) in [4.78, 5) is 16.1. The number of ketones is 1. The maximum absolute atomic E-state index is 12.0. The molecule has 0 fully saturated rings. The smallest absolute Gasteiger partial charge is 0.187 e. The molecule has 0 aliphatic carbocycles. The first-order valence-corrected chi connectivity index (χ1v) is 7.08. The number of Topliss-reactive ketones (excluding diaryl/α,β-unsaturated/α-hetero) is 1. The van der Waals surface area contributed by atoms with E-state index >= 15 is 0 Å². The highest BCUT2D eigenvalue weighted by Gasteiger charge is 2.11. The van der Waals surface area contributed by atoms with Gasteiger partial charge >= 0.3 is 0 Å². The fraction of sp³-hybridized carbons (Fsp3) is 0.357. The Morgan fingerprint density at radius 2 is 2.21 bits per heavy atom. The quantitative estimate of drug-likeness (QED) is 0.792. The van der Waals surface area contributed by atoms with Crippen LogP contribution in [-0.4, -0.2) is 20.5 Å². The Bertz CT molecular complexity index is 562. The van der Waals surface area contributed by atoms with Crippen LogP contribution in [0.15, 0.2) is 35.1 Å². The van der Waals surface area contributed by atoms with E-state index in [-0.39, 0.29) is 12.2 Å². The van der Waals surface area contributed by atoms with Crippen LogP contribution >= 0.6 is 15.9 Å². The minimum Gasteiger partial charge on any atom is -0.292 e. The minimum absolute atomic E-state index is 0.0121. The lowest BCUT2D eigenvalue weighted by atomic mass is 10.1. The number of rotatable bonds is 5. The van der Waals surface area contributed by atoms with E-state index in [0.29, 0.717) is 11.7 Å². The molecule has 0 aromatic carbocycles. The minimum atomic E-state index is -0.0121. The second-order valence-corrected chi connectivity index (χ2v) is 5.42. The number of carbonyl (C=O) groups is 1. The molecule has 0 radical (unpaired) electrons. The fourth-order valence-electron chi connectivity index (χ4n) is 1.70. The van der Waals surface area contributed by atoms with Crippen LogP contribution in [0.4, 0.5) is 0 Å². The van der Waals surface area contributed by atoms with Crippen molar-refractivity contribution in [3.05, 3.63) is 46.5 Å². The van der Waals surface area contributed by atoms with E-state index < -0.39 is 0 Å². The third-order valence-electron chi connectivity index (χ3n) is 3.06. The van der Waals surface area contributed by atoms with Crippen LogP contribution in [0.1, 0.15) is 42.5 Å². The van der Waals surface area contributed by atoms with Gasteiger partial charge in [-0.3, -0.25) is 14.5 Å². The van der Waals surface area contributed by atoms with Gasteiger partial charge in [0.05, 0.1) is 12.1 Å². The molecule has 0 bridgehead atoms. The van der Waals surface area contributed by atoms with E-state index in [2.05, 4.69) is 39.9 Å². The Kier molecular flexibility index (Phi) is 4.47. The van der Waals surface area contributed by atoms with Crippen LogP contribution in [0.25, 0.3) is 0 Å². The monoisotopic (exact) mass is 321 g/mol. The molecule has 0 saturated carbocycles. The summed E-state index contributed by atoms with van der Waals surface area (Å²) in [6.45, 7) is 4.22. The molecule has 4 nitrogen and oxygen atoms in total. The van der Waals surface area contributed by atoms with Gasteiger partial charge in [-0.15, -0.1) is 0 Å². The molecule has 5 heteroatoms. The largest absolute Gasteiger partial charge is 0.292 e. The summed E-state index contributed by atoms with van der Waals surface area (Å²) in [6, 6.07) is 5.79. The second kappa shape index (κ2) is 6.10. The first-order chi connectivity index (χ1) is 9.10. The molecule has 0 amide bonds. The van der Waals surface area contributed by atoms with E-state index in [0.717, 1.165) is 16.6 Å². The summed E-state index contributed by atoms with van der Waals surface area (Å²) in [5, 5.41) is 4.42. The number of carbonyl (C=O) groups excluding carboxylic acids is 1. The Labute approximate surface area is 121 Å². The molecule has 2 aromatic heterocycles. The number of nitrogens with zero attached hydrogens (tertiary/aromatic N) is 3. The molecule has 0 spiro atoms. The Hall–Kier alpha value is -1.49. The highest BCUT2D eigenvalue weighted by atomic mass is 79.9. The van der Waals surface area contributed by atoms with Gasteiger partial charge in [0.15, 0.2) is 5.78 Å². The molecule has 2 heterocycles. The third kappa shape index (κ3) is 3.50. The Morgan fingerprint density at radius 1 is 1.42 bits per heavy atom. The maximum atomic E-state index is 12.0. The van der Waals surface area contributed by atoms with Gasteiger partial charge in [0.2, 0.25) is 0 Å². The van der Waals surface area contributed by atoms with Crippen molar-refractivity contribution < 1.29 is 4.79 Å². The van der Waals surface area contributed by atoms with Crippen molar-refractivity contribution in [3.8, 4) is 0 Å². The number of halogens is 1. The van der Waals surface area contributed by atoms with Gasteiger partial charge in [-0.2, -0.15) is 5.10 Å². The first kappa shape index (κ1) is 13.9. The maximum Gasteiger partial charge on any atom is 0.187 e. The summed E-state index contributed by atoms with van der Waals surface area (Å²) in [5.41, 5.74) is 1.26. The van der Waals surface area contributed by atoms with Gasteiger partial charge in [0.25, 0.3) is 0 Å². The van der Waals surface area contributed by atoms with E-state index in [1.54, 1.807) is 12.3 Å². The fourth-order valence-corrected chi connectivity index (χ4v) is 1.93. The van der Waals surface area contributed by atoms with Crippen LogP contribution in [-0.2, 0) is 6.42 Å². The van der Waals surface area contributed by atoms with Crippen LogP contribution < -0.4 is 0 Å². The normalized spacial score (nSPS) is 12.4. The zero-order chi connectivity index (χ0) is 13.8. The SMILES string of the molecule is CCC(C)n1ccc(CC(=O)c2ccc(Br)cn2)n1. The summed E-state index contributed by atoms with van der Waals surface area (Å²) >= 11 is 3.30. The van der Waals surface area contributed by atoms with E-state index in [1.807, 2.05) is 23.0 Å². The average molecular weight is 322 g/mol. The van der Waals surface area contributed by atoms with Gasteiger partial charge in [-0.25, -0.2) is 0 Å². The Morgan fingerprint density at radius 3 is 2.84 bits per heavy atom. The summed E-state index contributed by atoms with van der Waals surface area (Å²) in [6.07, 6.45) is 4.86. The van der Waals surface area contributed by atoms with E-state index in [1.165, 1.54) is 0 Å². The van der Waals surface area contributed by atoms with Crippen molar-refractivity contribution in [3.63, 3.8) is 0 Å². The van der Waals surface area contributed by atoms with Crippen molar-refractivity contribution in [1.82, 2.24) is 14.8 Å². The molecule has 2 aromatic rings. The highest BCUT2D eigenvalue weighted by molar-refractivity contribution is 9.10. The lowest BCUT2D eigenvalue weighted by molar-refractivity contribution is 0.0987. The van der Waals surface area contributed by atoms with Crippen LogP contribution in [0, 0.1) is 0 Å². The molecule has 0 aliphatic rings. The zero-order valence-electron chi connectivity index (χ0n) is 11.0. The van der Waals surface area contributed by atoms with Gasteiger partial charge < -0.3 is 0 Å². The molecule has 1 atom stereocenters. The molecule has 0 N–H and O–H groups in total. The van der Waals surface area contributed by atoms with Crippen molar-refractivity contribution in [2.45, 2.75) is 32.7 Å².